The number of benzene rings is 7. The summed E-state index contributed by atoms with van der Waals surface area (Å²) in [6.45, 7) is 0. The number of para-hydroxylation sites is 3. The molecule has 1 aliphatic rings. The molecule has 4 aromatic heterocycles. The molecule has 250 valence electrons. The second-order valence-electron chi connectivity index (χ2n) is 14.2. The normalized spacial score (nSPS) is 12.1. The van der Waals surface area contributed by atoms with Gasteiger partial charge in [-0.05, 0) is 83.4 Å². The fraction of sp³-hybridized carbons (Fsp3) is 0. The third-order valence-corrected chi connectivity index (χ3v) is 11.3. The first-order valence-corrected chi connectivity index (χ1v) is 18.4. The van der Waals surface area contributed by atoms with Gasteiger partial charge in [-0.3, -0.25) is 9.97 Å². The number of pyridine rings is 2. The van der Waals surface area contributed by atoms with Gasteiger partial charge in [-0.15, -0.1) is 0 Å². The Bertz CT molecular complexity index is 3290. The van der Waals surface area contributed by atoms with E-state index in [0.717, 1.165) is 39.1 Å². The van der Waals surface area contributed by atoms with E-state index in [4.69, 9.17) is 9.97 Å². The first-order chi connectivity index (χ1) is 26.8. The average Bonchev–Trinajstić information content (AvgIpc) is 3.87. The summed E-state index contributed by atoms with van der Waals surface area (Å²) in [4.78, 5) is 9.85. The predicted molar refractivity (Wildman–Crippen MR) is 224 cm³/mol. The van der Waals surface area contributed by atoms with Gasteiger partial charge in [-0.1, -0.05) is 103 Å². The van der Waals surface area contributed by atoms with Crippen LogP contribution in [0.2, 0.25) is 0 Å². The minimum Gasteiger partial charge on any atom is -0.309 e. The third kappa shape index (κ3) is 4.08. The van der Waals surface area contributed by atoms with Gasteiger partial charge in [0.1, 0.15) is 0 Å². The van der Waals surface area contributed by atoms with Crippen LogP contribution < -0.4 is 0 Å². The molecule has 0 bridgehead atoms. The maximum atomic E-state index is 5.11. The van der Waals surface area contributed by atoms with E-state index < -0.39 is 0 Å². The fourth-order valence-corrected chi connectivity index (χ4v) is 8.99. The summed E-state index contributed by atoms with van der Waals surface area (Å²) < 4.78 is 4.77. The summed E-state index contributed by atoms with van der Waals surface area (Å²) >= 11 is 0. The maximum Gasteiger partial charge on any atom is 0.0802 e. The molecular weight excluding hydrogens is 657 g/mol. The lowest BCUT2D eigenvalue weighted by molar-refractivity contribution is 1.18. The van der Waals surface area contributed by atoms with Gasteiger partial charge in [-0.25, -0.2) is 0 Å². The highest BCUT2D eigenvalue weighted by Gasteiger charge is 2.25. The zero-order valence-corrected chi connectivity index (χ0v) is 29.1. The summed E-state index contributed by atoms with van der Waals surface area (Å²) in [5, 5.41) is 7.32. The van der Waals surface area contributed by atoms with Crippen molar-refractivity contribution < 1.29 is 0 Å². The molecule has 0 atom stereocenters. The van der Waals surface area contributed by atoms with E-state index in [0.29, 0.717) is 0 Å². The average molecular weight is 687 g/mol. The van der Waals surface area contributed by atoms with Gasteiger partial charge in [0.25, 0.3) is 0 Å². The Kier molecular flexibility index (Phi) is 6.02. The van der Waals surface area contributed by atoms with E-state index in [9.17, 15) is 0 Å². The zero-order chi connectivity index (χ0) is 35.3. The smallest absolute Gasteiger partial charge is 0.0802 e. The molecule has 0 saturated heterocycles. The Morgan fingerprint density at radius 3 is 1.67 bits per heavy atom. The van der Waals surface area contributed by atoms with Gasteiger partial charge < -0.3 is 9.13 Å². The van der Waals surface area contributed by atoms with Crippen molar-refractivity contribution in [2.45, 2.75) is 0 Å². The summed E-state index contributed by atoms with van der Waals surface area (Å²) in [6, 6.07) is 61.5. The van der Waals surface area contributed by atoms with E-state index in [1.807, 2.05) is 18.5 Å². The lowest BCUT2D eigenvalue weighted by atomic mass is 9.98. The SMILES string of the molecule is c1ccc(-n2c3ccccc3c3cc(-c4ccc5c(c4)c4ccc(-c6ncc7c8c(cccc68)-c6cccnc6-7)cc4n5-c4ccccc4)ccc32)cc1. The summed E-state index contributed by atoms with van der Waals surface area (Å²) in [7, 11) is 0. The Balaban J connectivity index is 1.06. The van der Waals surface area contributed by atoms with E-state index in [-0.39, 0.29) is 0 Å². The van der Waals surface area contributed by atoms with Crippen LogP contribution in [0, 0.1) is 0 Å². The first-order valence-electron chi connectivity index (χ1n) is 18.4. The number of hydrogen-bond acceptors (Lipinski definition) is 2. The number of rotatable bonds is 4. The molecule has 0 radical (unpaired) electrons. The molecule has 4 heterocycles. The molecular formula is C50H30N4. The first kappa shape index (κ1) is 29.3. The van der Waals surface area contributed by atoms with Gasteiger partial charge in [0.2, 0.25) is 0 Å². The lowest BCUT2D eigenvalue weighted by Gasteiger charge is -2.11. The van der Waals surface area contributed by atoms with Crippen molar-refractivity contribution in [1.29, 1.82) is 0 Å². The van der Waals surface area contributed by atoms with E-state index in [2.05, 4.69) is 173 Å². The highest BCUT2D eigenvalue weighted by atomic mass is 15.0. The van der Waals surface area contributed by atoms with Gasteiger partial charge in [-0.2, -0.15) is 0 Å². The van der Waals surface area contributed by atoms with Crippen LogP contribution in [0.4, 0.5) is 0 Å². The maximum absolute atomic E-state index is 5.11. The van der Waals surface area contributed by atoms with Crippen molar-refractivity contribution >= 4 is 54.4 Å². The molecule has 11 aromatic rings. The molecule has 0 fully saturated rings. The van der Waals surface area contributed by atoms with Gasteiger partial charge in [0.05, 0.1) is 33.5 Å². The molecule has 0 unspecified atom stereocenters. The van der Waals surface area contributed by atoms with Crippen molar-refractivity contribution in [2.75, 3.05) is 0 Å². The molecule has 4 heteroatoms. The van der Waals surface area contributed by atoms with Gasteiger partial charge in [0.15, 0.2) is 0 Å². The molecule has 1 aliphatic carbocycles. The van der Waals surface area contributed by atoms with Crippen molar-refractivity contribution in [2.24, 2.45) is 0 Å². The van der Waals surface area contributed by atoms with Crippen LogP contribution in [0.1, 0.15) is 0 Å². The molecule has 0 aliphatic heterocycles. The Hall–Kier alpha value is -7.30. The van der Waals surface area contributed by atoms with Crippen molar-refractivity contribution in [3.8, 4) is 56.1 Å². The Morgan fingerprint density at radius 2 is 0.926 bits per heavy atom. The topological polar surface area (TPSA) is 35.6 Å². The van der Waals surface area contributed by atoms with Crippen molar-refractivity contribution in [3.63, 3.8) is 0 Å². The van der Waals surface area contributed by atoms with Crippen LogP contribution in [0.15, 0.2) is 182 Å². The number of nitrogens with zero attached hydrogens (tertiary/aromatic N) is 4. The quantitative estimate of drug-likeness (QED) is 0.185. The van der Waals surface area contributed by atoms with E-state index >= 15 is 0 Å². The third-order valence-electron chi connectivity index (χ3n) is 11.3. The predicted octanol–water partition coefficient (Wildman–Crippen LogP) is 12.8. The van der Waals surface area contributed by atoms with Crippen molar-refractivity contribution in [3.05, 3.63) is 182 Å². The number of fused-ring (bicyclic) bond motifs is 9. The highest BCUT2D eigenvalue weighted by Crippen LogP contribution is 2.48. The van der Waals surface area contributed by atoms with Crippen LogP contribution in [0.25, 0.3) is 111 Å². The number of aromatic nitrogens is 4. The fourth-order valence-electron chi connectivity index (χ4n) is 8.99. The van der Waals surface area contributed by atoms with Crippen LogP contribution in [0.3, 0.4) is 0 Å². The minimum atomic E-state index is 0.985. The van der Waals surface area contributed by atoms with Crippen LogP contribution in [-0.2, 0) is 0 Å². The van der Waals surface area contributed by atoms with Crippen molar-refractivity contribution in [1.82, 2.24) is 19.1 Å². The number of hydrogen-bond donors (Lipinski definition) is 0. The molecule has 0 spiro atoms. The highest BCUT2D eigenvalue weighted by molar-refractivity contribution is 6.18. The standard InChI is InChI=1S/C50H30N4/c1-3-11-34(12-4-1)53-44-19-8-7-15-36(44)41-27-31(21-24-45(41)53)32-22-25-46-42(28-32)37-23-20-33(29-47(37)54(46)35-13-5-2-6-14-35)49-40-17-9-16-38-39-18-10-26-51-50(39)43(30-52-49)48(38)40/h1-30H. The Morgan fingerprint density at radius 1 is 0.333 bits per heavy atom. The molecule has 0 amide bonds. The summed E-state index contributed by atoms with van der Waals surface area (Å²) in [5.41, 5.74) is 16.0. The van der Waals surface area contributed by atoms with Crippen LogP contribution in [0.5, 0.6) is 0 Å². The molecule has 0 N–H and O–H groups in total. The monoisotopic (exact) mass is 686 g/mol. The second kappa shape index (κ2) is 11.1. The van der Waals surface area contributed by atoms with Gasteiger partial charge in [0, 0.05) is 72.8 Å². The molecule has 12 rings (SSSR count). The summed E-state index contributed by atoms with van der Waals surface area (Å²) in [5.74, 6) is 0. The van der Waals surface area contributed by atoms with Crippen LogP contribution in [-0.4, -0.2) is 19.1 Å². The molecule has 54 heavy (non-hydrogen) atoms. The second-order valence-corrected chi connectivity index (χ2v) is 14.2. The molecule has 4 nitrogen and oxygen atoms in total. The Labute approximate surface area is 310 Å². The van der Waals surface area contributed by atoms with E-state index in [1.165, 1.54) is 71.4 Å². The zero-order valence-electron chi connectivity index (χ0n) is 29.1. The minimum absolute atomic E-state index is 0.985. The molecule has 7 aromatic carbocycles. The lowest BCUT2D eigenvalue weighted by Crippen LogP contribution is -1.94. The van der Waals surface area contributed by atoms with Crippen LogP contribution >= 0.6 is 0 Å². The summed E-state index contributed by atoms with van der Waals surface area (Å²) in [6.07, 6.45) is 3.88. The largest absolute Gasteiger partial charge is 0.309 e. The van der Waals surface area contributed by atoms with E-state index in [1.54, 1.807) is 0 Å². The van der Waals surface area contributed by atoms with Gasteiger partial charge >= 0.3 is 0 Å². The molecule has 0 saturated carbocycles.